The van der Waals surface area contributed by atoms with Gasteiger partial charge in [-0.15, -0.1) is 0 Å². The zero-order valence-corrected chi connectivity index (χ0v) is 14.4. The van der Waals surface area contributed by atoms with Gasteiger partial charge >= 0.3 is 0 Å². The van der Waals surface area contributed by atoms with Gasteiger partial charge in [-0.3, -0.25) is 4.57 Å². The van der Waals surface area contributed by atoms with Crippen molar-refractivity contribution in [3.63, 3.8) is 0 Å². The Morgan fingerprint density at radius 1 is 1.04 bits per heavy atom. The van der Waals surface area contributed by atoms with Crippen LogP contribution >= 0.6 is 0 Å². The number of nitriles is 1. The monoisotopic (exact) mass is 363 g/mol. The number of hydrogen-bond donors (Lipinski definition) is 1. The molecule has 0 bridgehead atoms. The quantitative estimate of drug-likeness (QED) is 0.566. The molecule has 1 N–H and O–H groups in total. The van der Waals surface area contributed by atoms with Crippen LogP contribution in [-0.2, 0) is 6.42 Å². The van der Waals surface area contributed by atoms with Crippen LogP contribution in [0.4, 0.5) is 8.78 Å². The molecule has 2 aromatic carbocycles. The average Bonchev–Trinajstić information content (AvgIpc) is 3.28. The largest absolute Gasteiger partial charge is 0.505 e. The Kier molecular flexibility index (Phi) is 3.93. The van der Waals surface area contributed by atoms with E-state index >= 15 is 0 Å². The predicted molar refractivity (Wildman–Crippen MR) is 98.3 cm³/mol. The van der Waals surface area contributed by atoms with E-state index in [4.69, 9.17) is 0 Å². The zero-order valence-electron chi connectivity index (χ0n) is 14.4. The second kappa shape index (κ2) is 6.29. The first-order chi connectivity index (χ1) is 13.1. The SMILES string of the molecule is CCc1cccn1-c1c(C#N)c2ccccc2n1-c1ccc(O)c(F)c1F. The number of aryl methyl sites for hydroxylation is 1. The molecule has 6 heteroatoms. The van der Waals surface area contributed by atoms with Crippen LogP contribution < -0.4 is 0 Å². The van der Waals surface area contributed by atoms with Crippen molar-refractivity contribution in [3.05, 3.63) is 77.6 Å². The van der Waals surface area contributed by atoms with Gasteiger partial charge in [-0.2, -0.15) is 9.65 Å². The molecular formula is C21H15F2N3O. The van der Waals surface area contributed by atoms with Crippen LogP contribution in [0.1, 0.15) is 18.2 Å². The van der Waals surface area contributed by atoms with Crippen molar-refractivity contribution in [2.24, 2.45) is 0 Å². The number of phenols is 1. The van der Waals surface area contributed by atoms with E-state index < -0.39 is 17.4 Å². The summed E-state index contributed by atoms with van der Waals surface area (Å²) in [5.74, 6) is -2.82. The van der Waals surface area contributed by atoms with Gasteiger partial charge in [0, 0.05) is 17.3 Å². The van der Waals surface area contributed by atoms with Gasteiger partial charge in [0.15, 0.2) is 11.6 Å². The number of halogens is 2. The van der Waals surface area contributed by atoms with Crippen molar-refractivity contribution in [2.45, 2.75) is 13.3 Å². The molecular weight excluding hydrogens is 348 g/mol. The minimum Gasteiger partial charge on any atom is -0.505 e. The summed E-state index contributed by atoms with van der Waals surface area (Å²) in [6.07, 6.45) is 2.49. The van der Waals surface area contributed by atoms with Crippen LogP contribution in [0.3, 0.4) is 0 Å². The van der Waals surface area contributed by atoms with Crippen molar-refractivity contribution < 1.29 is 13.9 Å². The van der Waals surface area contributed by atoms with E-state index in [1.807, 2.05) is 23.6 Å². The fourth-order valence-corrected chi connectivity index (χ4v) is 3.42. The maximum atomic E-state index is 14.7. The zero-order chi connectivity index (χ0) is 19.1. The molecule has 4 nitrogen and oxygen atoms in total. The van der Waals surface area contributed by atoms with Crippen molar-refractivity contribution in [1.82, 2.24) is 9.13 Å². The fourth-order valence-electron chi connectivity index (χ4n) is 3.42. The maximum absolute atomic E-state index is 14.7. The van der Waals surface area contributed by atoms with Crippen LogP contribution in [0.2, 0.25) is 0 Å². The van der Waals surface area contributed by atoms with Crippen molar-refractivity contribution >= 4 is 10.9 Å². The summed E-state index contributed by atoms with van der Waals surface area (Å²) in [6.45, 7) is 1.98. The van der Waals surface area contributed by atoms with Gasteiger partial charge in [0.2, 0.25) is 5.82 Å². The Hall–Kier alpha value is -3.59. The lowest BCUT2D eigenvalue weighted by Gasteiger charge is -2.15. The van der Waals surface area contributed by atoms with E-state index in [0.717, 1.165) is 11.8 Å². The van der Waals surface area contributed by atoms with E-state index in [-0.39, 0.29) is 5.69 Å². The van der Waals surface area contributed by atoms with Crippen LogP contribution in [0.5, 0.6) is 5.75 Å². The molecule has 0 aliphatic carbocycles. The van der Waals surface area contributed by atoms with Gasteiger partial charge in [0.25, 0.3) is 0 Å². The molecule has 27 heavy (non-hydrogen) atoms. The predicted octanol–water partition coefficient (Wildman–Crippen LogP) is 4.84. The Morgan fingerprint density at radius 3 is 2.56 bits per heavy atom. The van der Waals surface area contributed by atoms with Gasteiger partial charge in [-0.25, -0.2) is 4.39 Å². The third-order valence-electron chi connectivity index (χ3n) is 4.67. The topological polar surface area (TPSA) is 53.9 Å². The van der Waals surface area contributed by atoms with Crippen LogP contribution in [0.15, 0.2) is 54.7 Å². The van der Waals surface area contributed by atoms with Crippen LogP contribution in [-0.4, -0.2) is 14.2 Å². The Balaban J connectivity index is 2.20. The highest BCUT2D eigenvalue weighted by Crippen LogP contribution is 2.35. The first-order valence-corrected chi connectivity index (χ1v) is 8.46. The Labute approximate surface area is 154 Å². The molecule has 2 aromatic heterocycles. The molecule has 0 atom stereocenters. The van der Waals surface area contributed by atoms with Gasteiger partial charge in [0.05, 0.1) is 11.2 Å². The van der Waals surface area contributed by atoms with Crippen LogP contribution in [0, 0.1) is 23.0 Å². The molecule has 0 radical (unpaired) electrons. The lowest BCUT2D eigenvalue weighted by atomic mass is 10.2. The molecule has 0 unspecified atom stereocenters. The summed E-state index contributed by atoms with van der Waals surface area (Å²) in [5, 5.41) is 19.9. The lowest BCUT2D eigenvalue weighted by Crippen LogP contribution is -2.09. The molecule has 2 heterocycles. The van der Waals surface area contributed by atoms with Gasteiger partial charge in [-0.1, -0.05) is 25.1 Å². The van der Waals surface area contributed by atoms with E-state index in [1.54, 1.807) is 30.5 Å². The molecule has 4 rings (SSSR count). The third kappa shape index (κ3) is 2.40. The number of benzene rings is 2. The summed E-state index contributed by atoms with van der Waals surface area (Å²) in [5.41, 5.74) is 1.79. The fraction of sp³-hybridized carbons (Fsp3) is 0.0952. The third-order valence-corrected chi connectivity index (χ3v) is 4.67. The number of nitrogens with zero attached hydrogens (tertiary/aromatic N) is 3. The molecule has 0 aliphatic rings. The van der Waals surface area contributed by atoms with Crippen molar-refractivity contribution in [1.29, 1.82) is 5.26 Å². The Bertz CT molecular complexity index is 1210. The molecule has 0 spiro atoms. The minimum atomic E-state index is -1.32. The molecule has 134 valence electrons. The maximum Gasteiger partial charge on any atom is 0.202 e. The number of rotatable bonds is 3. The van der Waals surface area contributed by atoms with Crippen LogP contribution in [0.25, 0.3) is 22.4 Å². The van der Waals surface area contributed by atoms with Gasteiger partial charge < -0.3 is 9.67 Å². The summed E-state index contributed by atoms with van der Waals surface area (Å²) < 4.78 is 32.1. The summed E-state index contributed by atoms with van der Waals surface area (Å²) >= 11 is 0. The van der Waals surface area contributed by atoms with Crippen molar-refractivity contribution in [2.75, 3.05) is 0 Å². The second-order valence-electron chi connectivity index (χ2n) is 6.12. The van der Waals surface area contributed by atoms with Crippen molar-refractivity contribution in [3.8, 4) is 23.3 Å². The summed E-state index contributed by atoms with van der Waals surface area (Å²) in [6, 6.07) is 15.5. The number of aromatic nitrogens is 2. The molecule has 0 amide bonds. The normalized spacial score (nSPS) is 11.0. The van der Waals surface area contributed by atoms with E-state index in [1.165, 1.54) is 10.6 Å². The minimum absolute atomic E-state index is 0.0752. The lowest BCUT2D eigenvalue weighted by molar-refractivity contribution is 0.406. The van der Waals surface area contributed by atoms with E-state index in [9.17, 15) is 19.1 Å². The first-order valence-electron chi connectivity index (χ1n) is 8.46. The molecule has 4 aromatic rings. The first kappa shape index (κ1) is 16.9. The van der Waals surface area contributed by atoms with Gasteiger partial charge in [-0.05, 0) is 36.8 Å². The summed E-state index contributed by atoms with van der Waals surface area (Å²) in [4.78, 5) is 0. The highest BCUT2D eigenvalue weighted by Gasteiger charge is 2.24. The molecule has 0 aliphatic heterocycles. The highest BCUT2D eigenvalue weighted by molar-refractivity contribution is 5.92. The van der Waals surface area contributed by atoms with E-state index in [2.05, 4.69) is 6.07 Å². The number of phenolic OH excluding ortho intramolecular Hbond substituents is 1. The number of fused-ring (bicyclic) bond motifs is 1. The number of hydrogen-bond acceptors (Lipinski definition) is 2. The number of aromatic hydroxyl groups is 1. The second-order valence-corrected chi connectivity index (χ2v) is 6.12. The number of para-hydroxylation sites is 1. The molecule has 0 saturated carbocycles. The molecule has 0 saturated heterocycles. The highest BCUT2D eigenvalue weighted by atomic mass is 19.2. The summed E-state index contributed by atoms with van der Waals surface area (Å²) in [7, 11) is 0. The van der Waals surface area contributed by atoms with Gasteiger partial charge in [0.1, 0.15) is 17.5 Å². The Morgan fingerprint density at radius 2 is 1.81 bits per heavy atom. The molecule has 0 fully saturated rings. The smallest absolute Gasteiger partial charge is 0.202 e. The standard InChI is InChI=1S/C21H15F2N3O/c1-2-13-6-5-11-25(13)21-15(12-24)14-7-3-4-8-16(14)26(21)17-9-10-18(27)20(23)19(17)22/h3-11,27H,2H2,1H3. The van der Waals surface area contributed by atoms with E-state index in [0.29, 0.717) is 28.7 Å². The average molecular weight is 363 g/mol.